The molecule has 0 saturated heterocycles. The number of aromatic amines is 1. The standard InChI is InChI=1S/C14H11N5O3S/c1-7-9(5-11(21-7)23-2)13-15-12(18-22-13)8-3-4-10-16-17-14(20)19(10)6-8/h3-6H,1-2H3,(H,17,20). The van der Waals surface area contributed by atoms with Crippen LogP contribution in [-0.2, 0) is 0 Å². The molecule has 0 amide bonds. The molecule has 1 N–H and O–H groups in total. The van der Waals surface area contributed by atoms with E-state index in [-0.39, 0.29) is 5.69 Å². The van der Waals surface area contributed by atoms with Gasteiger partial charge in [-0.25, -0.2) is 14.3 Å². The van der Waals surface area contributed by atoms with Crippen LogP contribution in [0.15, 0.2) is 43.2 Å². The molecular weight excluding hydrogens is 318 g/mol. The van der Waals surface area contributed by atoms with E-state index in [0.717, 1.165) is 10.7 Å². The largest absolute Gasteiger partial charge is 0.454 e. The minimum Gasteiger partial charge on any atom is -0.454 e. The van der Waals surface area contributed by atoms with Gasteiger partial charge in [0.15, 0.2) is 10.7 Å². The van der Waals surface area contributed by atoms with Gasteiger partial charge in [0.2, 0.25) is 5.82 Å². The number of rotatable bonds is 3. The van der Waals surface area contributed by atoms with Gasteiger partial charge in [-0.15, -0.1) is 0 Å². The summed E-state index contributed by atoms with van der Waals surface area (Å²) in [5.41, 5.74) is 1.62. The fourth-order valence-corrected chi connectivity index (χ4v) is 2.70. The Bertz CT molecular complexity index is 1060. The molecule has 0 saturated carbocycles. The number of nitrogens with zero attached hydrogens (tertiary/aromatic N) is 4. The maximum Gasteiger partial charge on any atom is 0.347 e. The summed E-state index contributed by atoms with van der Waals surface area (Å²) in [7, 11) is 0. The number of aromatic nitrogens is 5. The summed E-state index contributed by atoms with van der Waals surface area (Å²) < 4.78 is 12.3. The van der Waals surface area contributed by atoms with E-state index in [4.69, 9.17) is 8.94 Å². The first-order valence-corrected chi connectivity index (χ1v) is 7.94. The van der Waals surface area contributed by atoms with Gasteiger partial charge in [0.05, 0.1) is 5.56 Å². The zero-order valence-electron chi connectivity index (χ0n) is 12.2. The van der Waals surface area contributed by atoms with Crippen LogP contribution in [0.2, 0.25) is 0 Å². The van der Waals surface area contributed by atoms with Crippen molar-refractivity contribution in [2.75, 3.05) is 6.26 Å². The molecule has 0 bridgehead atoms. The number of hydrogen-bond acceptors (Lipinski definition) is 7. The molecule has 0 aliphatic heterocycles. The second-order valence-corrected chi connectivity index (χ2v) is 5.65. The molecule has 23 heavy (non-hydrogen) atoms. The van der Waals surface area contributed by atoms with Crippen LogP contribution in [0.3, 0.4) is 0 Å². The molecule has 4 heterocycles. The number of pyridine rings is 1. The Morgan fingerprint density at radius 1 is 1.35 bits per heavy atom. The Hall–Kier alpha value is -2.81. The fraction of sp³-hybridized carbons (Fsp3) is 0.143. The first kappa shape index (κ1) is 13.8. The summed E-state index contributed by atoms with van der Waals surface area (Å²) in [5, 5.41) is 11.0. The number of aryl methyl sites for hydroxylation is 1. The zero-order valence-corrected chi connectivity index (χ0v) is 13.0. The van der Waals surface area contributed by atoms with Crippen molar-refractivity contribution >= 4 is 17.4 Å². The number of H-pyrrole nitrogens is 1. The summed E-state index contributed by atoms with van der Waals surface area (Å²) in [4.78, 5) is 16.0. The third-order valence-corrected chi connectivity index (χ3v) is 4.03. The molecule has 4 rings (SSSR count). The molecule has 0 aliphatic carbocycles. The van der Waals surface area contributed by atoms with Crippen molar-refractivity contribution in [1.29, 1.82) is 0 Å². The van der Waals surface area contributed by atoms with E-state index in [1.54, 1.807) is 18.3 Å². The van der Waals surface area contributed by atoms with E-state index in [1.165, 1.54) is 16.2 Å². The predicted octanol–water partition coefficient (Wildman–Crippen LogP) is 2.36. The summed E-state index contributed by atoms with van der Waals surface area (Å²) in [5.74, 6) is 1.48. The molecule has 0 aliphatic rings. The van der Waals surface area contributed by atoms with Crippen LogP contribution in [0.5, 0.6) is 0 Å². The van der Waals surface area contributed by atoms with Gasteiger partial charge in [0.25, 0.3) is 5.89 Å². The highest BCUT2D eigenvalue weighted by molar-refractivity contribution is 7.98. The number of furan rings is 1. The third-order valence-electron chi connectivity index (χ3n) is 3.42. The van der Waals surface area contributed by atoms with Crippen LogP contribution in [-0.4, -0.2) is 31.0 Å². The van der Waals surface area contributed by atoms with Gasteiger partial charge < -0.3 is 8.94 Å². The number of fused-ring (bicyclic) bond motifs is 1. The number of thioether (sulfide) groups is 1. The molecular formula is C14H11N5O3S. The smallest absolute Gasteiger partial charge is 0.347 e. The molecule has 0 atom stereocenters. The Morgan fingerprint density at radius 2 is 2.22 bits per heavy atom. The predicted molar refractivity (Wildman–Crippen MR) is 83.3 cm³/mol. The van der Waals surface area contributed by atoms with E-state index in [2.05, 4.69) is 20.3 Å². The minimum atomic E-state index is -0.319. The molecule has 4 aromatic rings. The summed E-state index contributed by atoms with van der Waals surface area (Å²) in [6.45, 7) is 1.84. The molecule has 0 aromatic carbocycles. The van der Waals surface area contributed by atoms with Crippen molar-refractivity contribution in [2.24, 2.45) is 0 Å². The average molecular weight is 329 g/mol. The van der Waals surface area contributed by atoms with Crippen LogP contribution >= 0.6 is 11.8 Å². The molecule has 4 aromatic heterocycles. The molecule has 0 unspecified atom stereocenters. The third kappa shape index (κ3) is 2.25. The highest BCUT2D eigenvalue weighted by Crippen LogP contribution is 2.30. The first-order valence-electron chi connectivity index (χ1n) is 6.71. The maximum absolute atomic E-state index is 11.6. The van der Waals surface area contributed by atoms with Crippen molar-refractivity contribution in [2.45, 2.75) is 12.0 Å². The van der Waals surface area contributed by atoms with Gasteiger partial charge in [-0.1, -0.05) is 16.9 Å². The highest BCUT2D eigenvalue weighted by Gasteiger charge is 2.17. The molecule has 8 nitrogen and oxygen atoms in total. The number of nitrogens with one attached hydrogen (secondary N) is 1. The van der Waals surface area contributed by atoms with E-state index < -0.39 is 0 Å². The summed E-state index contributed by atoms with van der Waals surface area (Å²) >= 11 is 1.50. The van der Waals surface area contributed by atoms with Crippen LogP contribution < -0.4 is 5.69 Å². The average Bonchev–Trinajstić information content (AvgIpc) is 3.26. The first-order chi connectivity index (χ1) is 11.2. The minimum absolute atomic E-state index is 0.319. The van der Waals surface area contributed by atoms with Gasteiger partial charge in [-0.2, -0.15) is 10.1 Å². The second-order valence-electron chi connectivity index (χ2n) is 4.84. The highest BCUT2D eigenvalue weighted by atomic mass is 32.2. The van der Waals surface area contributed by atoms with Crippen LogP contribution in [0.25, 0.3) is 28.5 Å². The van der Waals surface area contributed by atoms with Gasteiger partial charge in [0, 0.05) is 17.8 Å². The van der Waals surface area contributed by atoms with Crippen molar-refractivity contribution in [3.05, 3.63) is 40.6 Å². The number of hydrogen-bond donors (Lipinski definition) is 1. The molecule has 116 valence electrons. The Morgan fingerprint density at radius 3 is 3.00 bits per heavy atom. The van der Waals surface area contributed by atoms with E-state index in [0.29, 0.717) is 28.7 Å². The van der Waals surface area contributed by atoms with E-state index >= 15 is 0 Å². The van der Waals surface area contributed by atoms with Crippen LogP contribution in [0, 0.1) is 6.92 Å². The lowest BCUT2D eigenvalue weighted by Crippen LogP contribution is -2.08. The topological polar surface area (TPSA) is 102 Å². The summed E-state index contributed by atoms with van der Waals surface area (Å²) in [6, 6.07) is 5.35. The lowest BCUT2D eigenvalue weighted by Gasteiger charge is -1.94. The normalized spacial score (nSPS) is 11.4. The van der Waals surface area contributed by atoms with Crippen LogP contribution in [0.1, 0.15) is 5.76 Å². The van der Waals surface area contributed by atoms with Gasteiger partial charge in [-0.3, -0.25) is 0 Å². The molecule has 0 radical (unpaired) electrons. The molecule has 0 spiro atoms. The van der Waals surface area contributed by atoms with Gasteiger partial charge in [0.1, 0.15) is 5.76 Å². The van der Waals surface area contributed by atoms with Gasteiger partial charge in [-0.05, 0) is 25.3 Å². The fourth-order valence-electron chi connectivity index (χ4n) is 2.26. The monoisotopic (exact) mass is 329 g/mol. The maximum atomic E-state index is 11.6. The van der Waals surface area contributed by atoms with Crippen LogP contribution in [0.4, 0.5) is 0 Å². The van der Waals surface area contributed by atoms with Gasteiger partial charge >= 0.3 is 5.69 Å². The Labute approximate surface area is 133 Å². The lowest BCUT2D eigenvalue weighted by molar-refractivity contribution is 0.427. The Balaban J connectivity index is 1.77. The quantitative estimate of drug-likeness (QED) is 0.576. The van der Waals surface area contributed by atoms with Crippen molar-refractivity contribution < 1.29 is 8.94 Å². The van der Waals surface area contributed by atoms with E-state index in [9.17, 15) is 4.79 Å². The van der Waals surface area contributed by atoms with Crippen molar-refractivity contribution in [3.8, 4) is 22.8 Å². The lowest BCUT2D eigenvalue weighted by atomic mass is 10.2. The zero-order chi connectivity index (χ0) is 16.0. The Kier molecular flexibility index (Phi) is 3.08. The molecule has 9 heteroatoms. The van der Waals surface area contributed by atoms with Crippen molar-refractivity contribution in [1.82, 2.24) is 24.7 Å². The van der Waals surface area contributed by atoms with Crippen molar-refractivity contribution in [3.63, 3.8) is 0 Å². The van der Waals surface area contributed by atoms with E-state index in [1.807, 2.05) is 19.2 Å². The second kappa shape index (κ2) is 5.13. The summed E-state index contributed by atoms with van der Waals surface area (Å²) in [6.07, 6.45) is 3.55. The molecule has 0 fully saturated rings. The SMILES string of the molecule is CSc1cc(-c2nc(-c3ccc4n[nH]c(=O)n4c3)no2)c(C)o1.